The maximum atomic E-state index is 12.9. The number of carbonyl (C=O) groups is 1. The Morgan fingerprint density at radius 3 is 2.89 bits per heavy atom. The van der Waals surface area contributed by atoms with Gasteiger partial charge in [-0.1, -0.05) is 18.2 Å². The zero-order valence-corrected chi connectivity index (χ0v) is 11.3. The standard InChI is InChI=1S/C16H20N2O/c1-10-8-11-4-2-3-5-15(11)18(10)16(19)13-9-12-6-7-14(13)17-12/h2-5,10,12-14,17H,6-9H2,1H3. The molecule has 2 fully saturated rings. The van der Waals surface area contributed by atoms with Crippen LogP contribution >= 0.6 is 0 Å². The molecule has 0 radical (unpaired) electrons. The molecule has 3 nitrogen and oxygen atoms in total. The molecule has 0 aliphatic carbocycles. The summed E-state index contributed by atoms with van der Waals surface area (Å²) in [6.07, 6.45) is 4.45. The summed E-state index contributed by atoms with van der Waals surface area (Å²) in [5.74, 6) is 0.546. The molecular formula is C16H20N2O. The Kier molecular flexibility index (Phi) is 2.46. The van der Waals surface area contributed by atoms with Crippen molar-refractivity contribution >= 4 is 11.6 Å². The first-order chi connectivity index (χ1) is 9.24. The summed E-state index contributed by atoms with van der Waals surface area (Å²) in [6, 6.07) is 9.68. The number of amides is 1. The van der Waals surface area contributed by atoms with Gasteiger partial charge in [0.15, 0.2) is 0 Å². The summed E-state index contributed by atoms with van der Waals surface area (Å²) in [7, 11) is 0. The summed E-state index contributed by atoms with van der Waals surface area (Å²) in [5.41, 5.74) is 2.46. The molecule has 0 aromatic heterocycles. The van der Waals surface area contributed by atoms with Crippen LogP contribution in [-0.2, 0) is 11.2 Å². The molecule has 1 N–H and O–H groups in total. The molecule has 0 saturated carbocycles. The zero-order chi connectivity index (χ0) is 13.0. The van der Waals surface area contributed by atoms with Gasteiger partial charge in [-0.2, -0.15) is 0 Å². The topological polar surface area (TPSA) is 32.3 Å². The van der Waals surface area contributed by atoms with Crippen LogP contribution in [0, 0.1) is 5.92 Å². The monoisotopic (exact) mass is 256 g/mol. The Hall–Kier alpha value is -1.35. The molecular weight excluding hydrogens is 236 g/mol. The maximum Gasteiger partial charge on any atom is 0.231 e. The molecule has 2 saturated heterocycles. The summed E-state index contributed by atoms with van der Waals surface area (Å²) >= 11 is 0. The third-order valence-electron chi connectivity index (χ3n) is 5.06. The molecule has 2 bridgehead atoms. The molecule has 3 heteroatoms. The number of hydrogen-bond donors (Lipinski definition) is 1. The van der Waals surface area contributed by atoms with Crippen LogP contribution in [0.4, 0.5) is 5.69 Å². The van der Waals surface area contributed by atoms with Crippen molar-refractivity contribution in [2.45, 2.75) is 50.7 Å². The second-order valence-electron chi connectivity index (χ2n) is 6.28. The number of nitrogens with zero attached hydrogens (tertiary/aromatic N) is 1. The van der Waals surface area contributed by atoms with E-state index in [0.717, 1.165) is 18.5 Å². The van der Waals surface area contributed by atoms with Gasteiger partial charge < -0.3 is 10.2 Å². The molecule has 1 aromatic carbocycles. The molecule has 4 atom stereocenters. The third kappa shape index (κ3) is 1.64. The van der Waals surface area contributed by atoms with E-state index in [-0.39, 0.29) is 5.92 Å². The number of benzene rings is 1. The molecule has 19 heavy (non-hydrogen) atoms. The number of rotatable bonds is 1. The summed E-state index contributed by atoms with van der Waals surface area (Å²) in [4.78, 5) is 15.0. The molecule has 4 unspecified atom stereocenters. The smallest absolute Gasteiger partial charge is 0.231 e. The van der Waals surface area contributed by atoms with Gasteiger partial charge in [0.2, 0.25) is 5.91 Å². The Morgan fingerprint density at radius 1 is 1.32 bits per heavy atom. The van der Waals surface area contributed by atoms with Crippen LogP contribution in [0.15, 0.2) is 24.3 Å². The van der Waals surface area contributed by atoms with Gasteiger partial charge in [0, 0.05) is 23.8 Å². The van der Waals surface area contributed by atoms with Crippen molar-refractivity contribution in [3.8, 4) is 0 Å². The number of nitrogens with one attached hydrogen (secondary N) is 1. The van der Waals surface area contributed by atoms with Gasteiger partial charge in [-0.05, 0) is 44.2 Å². The van der Waals surface area contributed by atoms with Crippen LogP contribution in [-0.4, -0.2) is 24.0 Å². The molecule has 0 spiro atoms. The minimum absolute atomic E-state index is 0.201. The van der Waals surface area contributed by atoms with Crippen LogP contribution in [0.25, 0.3) is 0 Å². The lowest BCUT2D eigenvalue weighted by Gasteiger charge is -2.29. The second kappa shape index (κ2) is 4.07. The van der Waals surface area contributed by atoms with Gasteiger partial charge in [0.25, 0.3) is 0 Å². The lowest BCUT2D eigenvalue weighted by atomic mass is 9.88. The molecule has 1 aromatic rings. The van der Waals surface area contributed by atoms with E-state index in [0.29, 0.717) is 24.0 Å². The number of carbonyl (C=O) groups excluding carboxylic acids is 1. The van der Waals surface area contributed by atoms with Crippen LogP contribution in [0.1, 0.15) is 31.7 Å². The van der Waals surface area contributed by atoms with Gasteiger partial charge in [0.1, 0.15) is 0 Å². The predicted octanol–water partition coefficient (Wildman–Crippen LogP) is 2.10. The minimum atomic E-state index is 0.201. The first kappa shape index (κ1) is 11.5. The van der Waals surface area contributed by atoms with E-state index in [1.165, 1.54) is 18.4 Å². The molecule has 1 amide bonds. The zero-order valence-electron chi connectivity index (χ0n) is 11.3. The Labute approximate surface area is 114 Å². The molecule has 3 aliphatic heterocycles. The molecule has 3 aliphatic rings. The average molecular weight is 256 g/mol. The summed E-state index contributed by atoms with van der Waals surface area (Å²) in [5, 5.41) is 3.57. The van der Waals surface area contributed by atoms with E-state index in [9.17, 15) is 4.79 Å². The van der Waals surface area contributed by atoms with Crippen molar-refractivity contribution in [3.05, 3.63) is 29.8 Å². The number of para-hydroxylation sites is 1. The van der Waals surface area contributed by atoms with Crippen molar-refractivity contribution in [2.75, 3.05) is 4.90 Å². The van der Waals surface area contributed by atoms with Crippen LogP contribution < -0.4 is 10.2 Å². The summed E-state index contributed by atoms with van der Waals surface area (Å²) in [6.45, 7) is 2.17. The second-order valence-corrected chi connectivity index (χ2v) is 6.28. The highest BCUT2D eigenvalue weighted by molar-refractivity contribution is 5.98. The van der Waals surface area contributed by atoms with Gasteiger partial charge in [-0.15, -0.1) is 0 Å². The van der Waals surface area contributed by atoms with Crippen molar-refractivity contribution in [1.82, 2.24) is 5.32 Å². The number of fused-ring (bicyclic) bond motifs is 3. The highest BCUT2D eigenvalue weighted by Gasteiger charge is 2.46. The van der Waals surface area contributed by atoms with E-state index < -0.39 is 0 Å². The number of hydrogen-bond acceptors (Lipinski definition) is 2. The highest BCUT2D eigenvalue weighted by atomic mass is 16.2. The SMILES string of the molecule is CC1Cc2ccccc2N1C(=O)C1CC2CCC1N2. The first-order valence-corrected chi connectivity index (χ1v) is 7.41. The highest BCUT2D eigenvalue weighted by Crippen LogP contribution is 2.38. The van der Waals surface area contributed by atoms with Crippen molar-refractivity contribution in [3.63, 3.8) is 0 Å². The van der Waals surface area contributed by atoms with Crippen molar-refractivity contribution < 1.29 is 4.79 Å². The van der Waals surface area contributed by atoms with Gasteiger partial charge in [-0.3, -0.25) is 4.79 Å². The minimum Gasteiger partial charge on any atom is -0.310 e. The van der Waals surface area contributed by atoms with E-state index in [2.05, 4.69) is 35.3 Å². The van der Waals surface area contributed by atoms with Crippen molar-refractivity contribution in [2.24, 2.45) is 5.92 Å². The van der Waals surface area contributed by atoms with E-state index >= 15 is 0 Å². The number of anilines is 1. The van der Waals surface area contributed by atoms with Gasteiger partial charge in [0.05, 0.1) is 5.92 Å². The lowest BCUT2D eigenvalue weighted by Crippen LogP contribution is -2.43. The Bertz CT molecular complexity index is 527. The fourth-order valence-electron chi connectivity index (χ4n) is 4.18. The Morgan fingerprint density at radius 2 is 2.16 bits per heavy atom. The lowest BCUT2D eigenvalue weighted by molar-refractivity contribution is -0.123. The third-order valence-corrected chi connectivity index (χ3v) is 5.06. The average Bonchev–Trinajstić information content (AvgIpc) is 3.10. The van der Waals surface area contributed by atoms with E-state index in [1.54, 1.807) is 0 Å². The first-order valence-electron chi connectivity index (χ1n) is 7.41. The molecule has 100 valence electrons. The Balaban J connectivity index is 1.64. The fraction of sp³-hybridized carbons (Fsp3) is 0.562. The fourth-order valence-corrected chi connectivity index (χ4v) is 4.18. The van der Waals surface area contributed by atoms with Gasteiger partial charge in [-0.25, -0.2) is 0 Å². The quantitative estimate of drug-likeness (QED) is 0.834. The maximum absolute atomic E-state index is 12.9. The van der Waals surface area contributed by atoms with Gasteiger partial charge >= 0.3 is 0 Å². The van der Waals surface area contributed by atoms with E-state index in [4.69, 9.17) is 0 Å². The van der Waals surface area contributed by atoms with E-state index in [1.807, 2.05) is 6.07 Å². The predicted molar refractivity (Wildman–Crippen MR) is 75.1 cm³/mol. The van der Waals surface area contributed by atoms with Crippen LogP contribution in [0.3, 0.4) is 0 Å². The molecule has 3 heterocycles. The van der Waals surface area contributed by atoms with Crippen LogP contribution in [0.5, 0.6) is 0 Å². The molecule has 4 rings (SSSR count). The van der Waals surface area contributed by atoms with Crippen molar-refractivity contribution in [1.29, 1.82) is 0 Å². The van der Waals surface area contributed by atoms with Crippen LogP contribution in [0.2, 0.25) is 0 Å². The largest absolute Gasteiger partial charge is 0.310 e. The summed E-state index contributed by atoms with van der Waals surface area (Å²) < 4.78 is 0. The normalized spacial score (nSPS) is 35.7.